The monoisotopic (exact) mass is 336 g/mol. The first-order chi connectivity index (χ1) is 12.4. The van der Waals surface area contributed by atoms with E-state index >= 15 is 0 Å². The van der Waals surface area contributed by atoms with E-state index < -0.39 is 0 Å². The minimum absolute atomic E-state index is 1.09. The summed E-state index contributed by atoms with van der Waals surface area (Å²) in [6, 6.07) is 11.1. The fourth-order valence-corrected chi connectivity index (χ4v) is 4.92. The first kappa shape index (κ1) is 16.9. The zero-order valence-electron chi connectivity index (χ0n) is 15.8. The molecule has 2 aromatic rings. The molecule has 134 valence electrons. The van der Waals surface area contributed by atoms with Crippen molar-refractivity contribution in [2.75, 3.05) is 13.1 Å². The third kappa shape index (κ3) is 3.42. The number of hydrogen-bond donors (Lipinski definition) is 0. The average molecular weight is 337 g/mol. The van der Waals surface area contributed by atoms with E-state index in [2.05, 4.69) is 46.7 Å². The van der Waals surface area contributed by atoms with Crippen LogP contribution in [-0.2, 0) is 25.9 Å². The lowest BCUT2D eigenvalue weighted by molar-refractivity contribution is 0.276. The Labute approximate surface area is 152 Å². The van der Waals surface area contributed by atoms with Gasteiger partial charge in [-0.1, -0.05) is 43.2 Å². The second kappa shape index (κ2) is 7.78. The van der Waals surface area contributed by atoms with Gasteiger partial charge in [-0.25, -0.2) is 0 Å². The van der Waals surface area contributed by atoms with Gasteiger partial charge in [-0.3, -0.25) is 4.90 Å². The Morgan fingerprint density at radius 3 is 2.28 bits per heavy atom. The fourth-order valence-electron chi connectivity index (χ4n) is 4.92. The molecule has 4 rings (SSSR count). The van der Waals surface area contributed by atoms with Crippen LogP contribution in [0.2, 0.25) is 0 Å². The van der Waals surface area contributed by atoms with Crippen LogP contribution in [0.3, 0.4) is 0 Å². The summed E-state index contributed by atoms with van der Waals surface area (Å²) in [5, 5.41) is 0. The molecule has 0 amide bonds. The Morgan fingerprint density at radius 1 is 0.840 bits per heavy atom. The number of nitrogens with zero attached hydrogens (tertiary/aromatic N) is 2. The van der Waals surface area contributed by atoms with Crippen molar-refractivity contribution in [3.05, 3.63) is 47.2 Å². The summed E-state index contributed by atoms with van der Waals surface area (Å²) in [4.78, 5) is 2.73. The molecule has 0 bridgehead atoms. The lowest BCUT2D eigenvalue weighted by Gasteiger charge is -2.22. The first-order valence-corrected chi connectivity index (χ1v) is 10.4. The molecule has 0 saturated carbocycles. The predicted octanol–water partition coefficient (Wildman–Crippen LogP) is 5.43. The maximum Gasteiger partial charge on any atom is 0.0530 e. The second-order valence-corrected chi connectivity index (χ2v) is 7.76. The quantitative estimate of drug-likeness (QED) is 0.723. The van der Waals surface area contributed by atoms with Crippen molar-refractivity contribution >= 4 is 0 Å². The maximum atomic E-state index is 2.73. The maximum absolute atomic E-state index is 2.73. The smallest absolute Gasteiger partial charge is 0.0530 e. The van der Waals surface area contributed by atoms with Gasteiger partial charge in [-0.05, 0) is 75.2 Å². The largest absolute Gasteiger partial charge is 0.344 e. The Bertz CT molecular complexity index is 691. The highest BCUT2D eigenvalue weighted by atomic mass is 15.1. The topological polar surface area (TPSA) is 8.17 Å². The molecule has 2 nitrogen and oxygen atoms in total. The van der Waals surface area contributed by atoms with Crippen molar-refractivity contribution < 1.29 is 0 Å². The zero-order chi connectivity index (χ0) is 17.1. The van der Waals surface area contributed by atoms with Gasteiger partial charge in [0.1, 0.15) is 0 Å². The lowest BCUT2D eigenvalue weighted by Crippen LogP contribution is -2.24. The van der Waals surface area contributed by atoms with Gasteiger partial charge in [-0.2, -0.15) is 0 Å². The van der Waals surface area contributed by atoms with E-state index in [1.807, 2.05) is 0 Å². The summed E-state index contributed by atoms with van der Waals surface area (Å²) >= 11 is 0. The summed E-state index contributed by atoms with van der Waals surface area (Å²) < 4.78 is 2.64. The highest BCUT2D eigenvalue weighted by Gasteiger charge is 2.26. The van der Waals surface area contributed by atoms with Crippen LogP contribution in [0.15, 0.2) is 30.3 Å². The summed E-state index contributed by atoms with van der Waals surface area (Å²) in [7, 11) is 0. The van der Waals surface area contributed by atoms with Crippen molar-refractivity contribution in [3.63, 3.8) is 0 Å². The SMILES string of the molecule is CCn1c2c(c(CN3CCCCCC3)c1-c1ccccc1)CCCC2. The van der Waals surface area contributed by atoms with E-state index in [4.69, 9.17) is 0 Å². The third-order valence-electron chi connectivity index (χ3n) is 6.13. The number of aromatic nitrogens is 1. The van der Waals surface area contributed by atoms with Crippen molar-refractivity contribution in [3.8, 4) is 11.3 Å². The van der Waals surface area contributed by atoms with E-state index in [9.17, 15) is 0 Å². The minimum Gasteiger partial charge on any atom is -0.344 e. The normalized spacial score (nSPS) is 18.8. The Hall–Kier alpha value is -1.54. The molecule has 0 N–H and O–H groups in total. The molecule has 2 heterocycles. The highest BCUT2D eigenvalue weighted by Crippen LogP contribution is 2.37. The molecule has 25 heavy (non-hydrogen) atoms. The highest BCUT2D eigenvalue weighted by molar-refractivity contribution is 5.68. The summed E-state index contributed by atoms with van der Waals surface area (Å²) in [5.74, 6) is 0. The molecule has 0 radical (unpaired) electrons. The number of likely N-dealkylation sites (tertiary alicyclic amines) is 1. The van der Waals surface area contributed by atoms with Crippen LogP contribution in [0.1, 0.15) is 62.3 Å². The van der Waals surface area contributed by atoms with Crippen LogP contribution in [0.5, 0.6) is 0 Å². The Morgan fingerprint density at radius 2 is 1.56 bits per heavy atom. The van der Waals surface area contributed by atoms with Gasteiger partial charge in [0, 0.05) is 18.8 Å². The Balaban J connectivity index is 1.78. The van der Waals surface area contributed by atoms with Crippen LogP contribution in [0.25, 0.3) is 11.3 Å². The minimum atomic E-state index is 1.09. The molecule has 1 aliphatic heterocycles. The molecule has 2 aliphatic rings. The van der Waals surface area contributed by atoms with Gasteiger partial charge < -0.3 is 4.57 Å². The fraction of sp³-hybridized carbons (Fsp3) is 0.565. The third-order valence-corrected chi connectivity index (χ3v) is 6.13. The summed E-state index contributed by atoms with van der Waals surface area (Å²) in [5.41, 5.74) is 7.89. The standard InChI is InChI=1S/C23H32N2/c1-2-25-22-15-9-8-14-20(22)21(18-24-16-10-3-4-11-17-24)23(25)19-12-6-5-7-13-19/h5-7,12-13H,2-4,8-11,14-18H2,1H3. The second-order valence-electron chi connectivity index (χ2n) is 7.76. The van der Waals surface area contributed by atoms with Gasteiger partial charge in [0.15, 0.2) is 0 Å². The molecule has 0 atom stereocenters. The van der Waals surface area contributed by atoms with Crippen LogP contribution in [0, 0.1) is 0 Å². The Kier molecular flexibility index (Phi) is 5.26. The molecular formula is C23H32N2. The average Bonchev–Trinajstić information content (AvgIpc) is 2.80. The molecule has 1 saturated heterocycles. The molecule has 0 spiro atoms. The molecule has 0 unspecified atom stereocenters. The zero-order valence-corrected chi connectivity index (χ0v) is 15.8. The number of rotatable bonds is 4. The van der Waals surface area contributed by atoms with Crippen LogP contribution < -0.4 is 0 Å². The van der Waals surface area contributed by atoms with E-state index in [0.29, 0.717) is 0 Å². The van der Waals surface area contributed by atoms with Crippen molar-refractivity contribution in [1.29, 1.82) is 0 Å². The van der Waals surface area contributed by atoms with Crippen LogP contribution >= 0.6 is 0 Å². The molecule has 2 heteroatoms. The predicted molar refractivity (Wildman–Crippen MR) is 106 cm³/mol. The van der Waals surface area contributed by atoms with E-state index in [1.54, 1.807) is 16.8 Å². The van der Waals surface area contributed by atoms with Gasteiger partial charge in [0.2, 0.25) is 0 Å². The number of benzene rings is 1. The molecule has 1 aliphatic carbocycles. The summed E-state index contributed by atoms with van der Waals surface area (Å²) in [6.07, 6.45) is 10.8. The van der Waals surface area contributed by atoms with Crippen LogP contribution in [-0.4, -0.2) is 22.6 Å². The van der Waals surface area contributed by atoms with Crippen molar-refractivity contribution in [1.82, 2.24) is 9.47 Å². The van der Waals surface area contributed by atoms with Gasteiger partial charge in [0.25, 0.3) is 0 Å². The molecule has 1 fully saturated rings. The van der Waals surface area contributed by atoms with Crippen molar-refractivity contribution in [2.24, 2.45) is 0 Å². The van der Waals surface area contributed by atoms with Crippen molar-refractivity contribution in [2.45, 2.75) is 71.4 Å². The lowest BCUT2D eigenvalue weighted by atomic mass is 9.93. The molecular weight excluding hydrogens is 304 g/mol. The van der Waals surface area contributed by atoms with E-state index in [1.165, 1.54) is 75.7 Å². The first-order valence-electron chi connectivity index (χ1n) is 10.4. The van der Waals surface area contributed by atoms with E-state index in [0.717, 1.165) is 13.1 Å². The number of hydrogen-bond acceptors (Lipinski definition) is 1. The number of fused-ring (bicyclic) bond motifs is 1. The van der Waals surface area contributed by atoms with Gasteiger partial charge in [0.05, 0.1) is 5.69 Å². The van der Waals surface area contributed by atoms with Gasteiger partial charge in [-0.15, -0.1) is 0 Å². The molecule has 1 aromatic carbocycles. The molecule has 1 aromatic heterocycles. The summed E-state index contributed by atoms with van der Waals surface area (Å²) in [6.45, 7) is 7.11. The van der Waals surface area contributed by atoms with Gasteiger partial charge >= 0.3 is 0 Å². The van der Waals surface area contributed by atoms with E-state index in [-0.39, 0.29) is 0 Å². The van der Waals surface area contributed by atoms with Crippen LogP contribution in [0.4, 0.5) is 0 Å².